The lowest BCUT2D eigenvalue weighted by Crippen LogP contribution is -2.11. The Morgan fingerprint density at radius 1 is 0.607 bits per heavy atom. The molecular formula is C57H59N3O. The van der Waals surface area contributed by atoms with Gasteiger partial charge in [-0.2, -0.15) is 0 Å². The number of pyridine rings is 1. The van der Waals surface area contributed by atoms with Crippen LogP contribution in [0, 0.1) is 6.85 Å². The minimum atomic E-state index is -2.54. The van der Waals surface area contributed by atoms with E-state index in [-0.39, 0.29) is 28.1 Å². The minimum Gasteiger partial charge on any atom is -0.507 e. The number of aromatic hydroxyl groups is 1. The molecule has 2 aromatic heterocycles. The first kappa shape index (κ1) is 36.6. The molecular weight excluding hydrogens is 743 g/mol. The normalized spacial score (nSPS) is 13.6. The van der Waals surface area contributed by atoms with Crippen LogP contribution in [0.25, 0.3) is 72.7 Å². The van der Waals surface area contributed by atoms with Gasteiger partial charge in [0.25, 0.3) is 0 Å². The number of phenolic OH excluding ortho intramolecular Hbond substituents is 1. The summed E-state index contributed by atoms with van der Waals surface area (Å²) in [6, 6.07) is 44.2. The molecule has 0 fully saturated rings. The Labute approximate surface area is 368 Å². The highest BCUT2D eigenvalue weighted by Gasteiger charge is 2.24. The zero-order valence-electron chi connectivity index (χ0n) is 41.1. The first-order valence-electron chi connectivity index (χ1n) is 23.3. The zero-order chi connectivity index (χ0) is 46.8. The van der Waals surface area contributed by atoms with Crippen LogP contribution in [0.3, 0.4) is 0 Å². The first-order chi connectivity index (χ1) is 30.5. The largest absolute Gasteiger partial charge is 0.507 e. The number of fused-ring (bicyclic) bond motifs is 1. The molecule has 308 valence electrons. The summed E-state index contributed by atoms with van der Waals surface area (Å²) in [5.74, 6) is -0.356. The third-order valence-corrected chi connectivity index (χ3v) is 11.9. The fourth-order valence-electron chi connectivity index (χ4n) is 8.39. The summed E-state index contributed by atoms with van der Waals surface area (Å²) in [5, 5.41) is 11.4. The van der Waals surface area contributed by atoms with Crippen molar-refractivity contribution in [1.82, 2.24) is 14.5 Å². The van der Waals surface area contributed by atoms with Gasteiger partial charge >= 0.3 is 0 Å². The van der Waals surface area contributed by atoms with Crippen LogP contribution in [-0.2, 0) is 10.8 Å². The average molecular weight is 806 g/mol. The van der Waals surface area contributed by atoms with Crippen LogP contribution in [0.5, 0.6) is 5.75 Å². The third kappa shape index (κ3) is 8.04. The highest BCUT2D eigenvalue weighted by atomic mass is 16.3. The second-order valence-electron chi connectivity index (χ2n) is 18.9. The van der Waals surface area contributed by atoms with Crippen molar-refractivity contribution in [3.8, 4) is 67.5 Å². The van der Waals surface area contributed by atoms with E-state index in [2.05, 4.69) is 122 Å². The summed E-state index contributed by atoms with van der Waals surface area (Å²) >= 11 is 0. The number of rotatable bonds is 8. The fraction of sp³-hybridized carbons (Fsp3) is 0.263. The Morgan fingerprint density at radius 3 is 1.97 bits per heavy atom. The monoisotopic (exact) mass is 805 g/mol. The van der Waals surface area contributed by atoms with Gasteiger partial charge in [0.05, 0.1) is 28.0 Å². The van der Waals surface area contributed by atoms with Crippen molar-refractivity contribution in [1.29, 1.82) is 0 Å². The smallest absolute Gasteiger partial charge is 0.149 e. The van der Waals surface area contributed by atoms with Gasteiger partial charge in [0, 0.05) is 22.8 Å². The molecule has 8 rings (SSSR count). The van der Waals surface area contributed by atoms with Crippen LogP contribution in [0.1, 0.15) is 114 Å². The Kier molecular flexibility index (Phi) is 9.58. The lowest BCUT2D eigenvalue weighted by Gasteiger charge is -2.22. The molecule has 61 heavy (non-hydrogen) atoms. The molecule has 4 heteroatoms. The van der Waals surface area contributed by atoms with E-state index < -0.39 is 12.7 Å². The van der Waals surface area contributed by atoms with Crippen molar-refractivity contribution in [2.75, 3.05) is 0 Å². The molecule has 8 aromatic rings. The zero-order valence-corrected chi connectivity index (χ0v) is 37.1. The molecule has 6 aromatic carbocycles. The van der Waals surface area contributed by atoms with Crippen LogP contribution in [-0.4, -0.2) is 19.6 Å². The van der Waals surface area contributed by atoms with Crippen molar-refractivity contribution in [2.45, 2.75) is 98.7 Å². The van der Waals surface area contributed by atoms with Gasteiger partial charge in [0.1, 0.15) is 11.6 Å². The van der Waals surface area contributed by atoms with Gasteiger partial charge in [-0.1, -0.05) is 148 Å². The van der Waals surface area contributed by atoms with E-state index in [1.54, 1.807) is 18.2 Å². The summed E-state index contributed by atoms with van der Waals surface area (Å²) in [5.41, 5.74) is 14.0. The molecule has 2 heterocycles. The molecule has 0 aliphatic rings. The van der Waals surface area contributed by atoms with E-state index in [0.29, 0.717) is 28.1 Å². The van der Waals surface area contributed by atoms with Crippen molar-refractivity contribution < 1.29 is 10.6 Å². The summed E-state index contributed by atoms with van der Waals surface area (Å²) in [6.07, 6.45) is 1.87. The van der Waals surface area contributed by atoms with Crippen molar-refractivity contribution in [3.63, 3.8) is 0 Å². The maximum atomic E-state index is 11.4. The standard InChI is InChI=1S/C57H59N3O/c1-35(2)45-17-14-18-46(36(3)4)53(45)40-24-27-50(37(5)30-40)60-51-20-15-19-47(54(51)59-55(60)48-16-12-13-21-52(48)61)41-31-42(33-44(32-41)57(9,10)11)49-34-39(28-29-58-49)38-22-25-43(26-23-38)56(6,7)8/h12-36,61H,1-11H3/i5D3,35D. The first-order valence-corrected chi connectivity index (χ1v) is 21.3. The second kappa shape index (κ2) is 16.0. The molecule has 0 aliphatic heterocycles. The fourth-order valence-corrected chi connectivity index (χ4v) is 8.39. The maximum Gasteiger partial charge on any atom is 0.149 e. The number of para-hydroxylation sites is 2. The van der Waals surface area contributed by atoms with Crippen LogP contribution in [0.4, 0.5) is 0 Å². The topological polar surface area (TPSA) is 50.9 Å². The highest BCUT2D eigenvalue weighted by Crippen LogP contribution is 2.42. The summed E-state index contributed by atoms with van der Waals surface area (Å²) in [7, 11) is 0. The van der Waals surface area contributed by atoms with Crippen LogP contribution >= 0.6 is 0 Å². The number of hydrogen-bond donors (Lipinski definition) is 1. The van der Waals surface area contributed by atoms with Crippen molar-refractivity contribution in [2.24, 2.45) is 0 Å². The number of imidazole rings is 1. The van der Waals surface area contributed by atoms with E-state index in [0.717, 1.165) is 61.3 Å². The number of hydrogen-bond acceptors (Lipinski definition) is 3. The highest BCUT2D eigenvalue weighted by molar-refractivity contribution is 5.97. The number of aryl methyl sites for hydroxylation is 1. The van der Waals surface area contributed by atoms with E-state index in [1.165, 1.54) is 5.56 Å². The van der Waals surface area contributed by atoms with Gasteiger partial charge in [-0.3, -0.25) is 9.55 Å². The Bertz CT molecular complexity index is 3070. The lowest BCUT2D eigenvalue weighted by atomic mass is 9.83. The molecule has 0 aliphatic carbocycles. The Morgan fingerprint density at radius 2 is 1.28 bits per heavy atom. The molecule has 0 bridgehead atoms. The van der Waals surface area contributed by atoms with Gasteiger partial charge < -0.3 is 5.11 Å². The van der Waals surface area contributed by atoms with Gasteiger partial charge in [-0.05, 0) is 140 Å². The maximum absolute atomic E-state index is 11.4. The molecule has 4 nitrogen and oxygen atoms in total. The molecule has 0 spiro atoms. The number of phenols is 1. The predicted molar refractivity (Wildman–Crippen MR) is 258 cm³/mol. The minimum absolute atomic E-state index is 0.0295. The number of benzene rings is 6. The molecule has 0 unspecified atom stereocenters. The number of nitrogens with zero attached hydrogens (tertiary/aromatic N) is 3. The SMILES string of the molecule is [2H]C([2H])([2H])c1cc(-c2c(C(C)C)cccc2C([2H])(C)C)ccc1-n1c(-c2ccccc2O)nc2c(-c3cc(-c4cc(-c5ccc(C(C)(C)C)cc5)ccn4)cc(C(C)(C)C)c3)cccc21. The summed E-state index contributed by atoms with van der Waals surface area (Å²) < 4.78 is 37.9. The molecule has 0 atom stereocenters. The van der Waals surface area contributed by atoms with E-state index in [9.17, 15) is 5.11 Å². The van der Waals surface area contributed by atoms with Crippen LogP contribution in [0.2, 0.25) is 0 Å². The molecule has 0 saturated heterocycles. The van der Waals surface area contributed by atoms with E-state index in [1.807, 2.05) is 73.1 Å². The second-order valence-corrected chi connectivity index (χ2v) is 18.9. The van der Waals surface area contributed by atoms with Crippen LogP contribution in [0.15, 0.2) is 140 Å². The summed E-state index contributed by atoms with van der Waals surface area (Å²) in [4.78, 5) is 10.2. The van der Waals surface area contributed by atoms with Gasteiger partial charge in [-0.15, -0.1) is 0 Å². The van der Waals surface area contributed by atoms with Crippen molar-refractivity contribution >= 4 is 11.0 Å². The quantitative estimate of drug-likeness (QED) is 0.166. The summed E-state index contributed by atoms with van der Waals surface area (Å²) in [6.45, 7) is 18.7. The number of aromatic nitrogens is 3. The lowest BCUT2D eigenvalue weighted by molar-refractivity contribution is 0.477. The molecule has 0 amide bonds. The van der Waals surface area contributed by atoms with Crippen molar-refractivity contribution in [3.05, 3.63) is 167 Å². The van der Waals surface area contributed by atoms with Gasteiger partial charge in [0.15, 0.2) is 0 Å². The Balaban J connectivity index is 1.36. The van der Waals surface area contributed by atoms with Gasteiger partial charge in [-0.25, -0.2) is 4.98 Å². The van der Waals surface area contributed by atoms with E-state index >= 15 is 0 Å². The molecule has 0 radical (unpaired) electrons. The Hall–Kier alpha value is -6.26. The molecule has 1 N–H and O–H groups in total. The predicted octanol–water partition coefficient (Wildman–Crippen LogP) is 15.6. The van der Waals surface area contributed by atoms with Gasteiger partial charge in [0.2, 0.25) is 0 Å². The van der Waals surface area contributed by atoms with Crippen LogP contribution < -0.4 is 0 Å². The molecule has 0 saturated carbocycles. The van der Waals surface area contributed by atoms with E-state index in [4.69, 9.17) is 15.5 Å². The third-order valence-electron chi connectivity index (χ3n) is 11.9. The average Bonchev–Trinajstić information content (AvgIpc) is 3.64.